The summed E-state index contributed by atoms with van der Waals surface area (Å²) in [4.78, 5) is 25.5. The van der Waals surface area contributed by atoms with Crippen molar-refractivity contribution in [1.29, 1.82) is 0 Å². The van der Waals surface area contributed by atoms with Crippen LogP contribution in [0.1, 0.15) is 12.0 Å². The summed E-state index contributed by atoms with van der Waals surface area (Å²) >= 11 is 6.03. The second-order valence-corrected chi connectivity index (χ2v) is 6.34. The van der Waals surface area contributed by atoms with E-state index in [4.69, 9.17) is 11.6 Å². The van der Waals surface area contributed by atoms with Crippen molar-refractivity contribution in [2.45, 2.75) is 18.9 Å². The first-order chi connectivity index (χ1) is 12.1. The summed E-state index contributed by atoms with van der Waals surface area (Å²) in [6.45, 7) is 1.88. The molecule has 1 aliphatic heterocycles. The van der Waals surface area contributed by atoms with E-state index >= 15 is 0 Å². The molecule has 3 rings (SSSR count). The van der Waals surface area contributed by atoms with Crippen LogP contribution in [-0.2, 0) is 6.42 Å². The number of aromatic amines is 1. The molecule has 0 spiro atoms. The van der Waals surface area contributed by atoms with E-state index < -0.39 is 5.56 Å². The molecule has 8 heteroatoms. The van der Waals surface area contributed by atoms with Gasteiger partial charge < -0.3 is 15.5 Å². The summed E-state index contributed by atoms with van der Waals surface area (Å²) < 4.78 is 0. The van der Waals surface area contributed by atoms with Gasteiger partial charge in [0.05, 0.1) is 11.9 Å². The second kappa shape index (κ2) is 8.02. The van der Waals surface area contributed by atoms with Crippen LogP contribution in [0, 0.1) is 0 Å². The molecule has 1 saturated heterocycles. The number of rotatable bonds is 5. The highest BCUT2D eigenvalue weighted by Gasteiger charge is 2.26. The quantitative estimate of drug-likeness (QED) is 0.753. The number of benzene rings is 1. The van der Waals surface area contributed by atoms with E-state index in [1.807, 2.05) is 35.2 Å². The van der Waals surface area contributed by atoms with Crippen LogP contribution in [0.3, 0.4) is 0 Å². The van der Waals surface area contributed by atoms with Gasteiger partial charge in [0.1, 0.15) is 5.02 Å². The van der Waals surface area contributed by atoms with Crippen molar-refractivity contribution in [3.05, 3.63) is 57.5 Å². The molecule has 0 saturated carbocycles. The van der Waals surface area contributed by atoms with Gasteiger partial charge in [-0.25, -0.2) is 9.89 Å². The molecule has 0 bridgehead atoms. The number of aromatic nitrogens is 2. The normalized spacial score (nSPS) is 16.7. The van der Waals surface area contributed by atoms with Gasteiger partial charge in [0.15, 0.2) is 0 Å². The fourth-order valence-corrected chi connectivity index (χ4v) is 3.10. The molecule has 1 aromatic heterocycles. The summed E-state index contributed by atoms with van der Waals surface area (Å²) in [5.74, 6) is 0. The fraction of sp³-hybridized carbons (Fsp3) is 0.353. The van der Waals surface area contributed by atoms with E-state index in [9.17, 15) is 9.59 Å². The third-order valence-electron chi connectivity index (χ3n) is 4.18. The average molecular weight is 362 g/mol. The minimum Gasteiger partial charge on any atom is -0.367 e. The van der Waals surface area contributed by atoms with Crippen LogP contribution in [0.25, 0.3) is 0 Å². The molecule has 1 aliphatic rings. The van der Waals surface area contributed by atoms with Gasteiger partial charge >= 0.3 is 6.03 Å². The number of amides is 2. The maximum absolute atomic E-state index is 12.0. The summed E-state index contributed by atoms with van der Waals surface area (Å²) in [5.41, 5.74) is 1.37. The van der Waals surface area contributed by atoms with E-state index in [-0.39, 0.29) is 17.1 Å². The first-order valence-corrected chi connectivity index (χ1v) is 8.57. The zero-order valence-corrected chi connectivity index (χ0v) is 14.4. The molecule has 7 nitrogen and oxygen atoms in total. The van der Waals surface area contributed by atoms with Gasteiger partial charge in [-0.3, -0.25) is 4.79 Å². The van der Waals surface area contributed by atoms with Crippen LogP contribution >= 0.6 is 11.6 Å². The zero-order chi connectivity index (χ0) is 17.6. The van der Waals surface area contributed by atoms with E-state index in [1.165, 1.54) is 11.8 Å². The van der Waals surface area contributed by atoms with Gasteiger partial charge in [-0.2, -0.15) is 5.10 Å². The Morgan fingerprint density at radius 1 is 1.36 bits per heavy atom. The van der Waals surface area contributed by atoms with Gasteiger partial charge in [-0.15, -0.1) is 0 Å². The molecule has 1 atom stereocenters. The summed E-state index contributed by atoms with van der Waals surface area (Å²) in [7, 11) is 0. The van der Waals surface area contributed by atoms with Gasteiger partial charge in [0.25, 0.3) is 5.56 Å². The lowest BCUT2D eigenvalue weighted by Gasteiger charge is -2.19. The molecule has 2 aromatic rings. The number of hydrogen-bond acceptors (Lipinski definition) is 4. The number of carbonyl (C=O) groups is 1. The van der Waals surface area contributed by atoms with E-state index in [2.05, 4.69) is 20.8 Å². The first-order valence-electron chi connectivity index (χ1n) is 8.20. The molecule has 0 unspecified atom stereocenters. The predicted molar refractivity (Wildman–Crippen MR) is 97.2 cm³/mol. The van der Waals surface area contributed by atoms with Crippen LogP contribution in [0.5, 0.6) is 0 Å². The van der Waals surface area contributed by atoms with Crippen molar-refractivity contribution in [3.63, 3.8) is 0 Å². The molecule has 2 heterocycles. The van der Waals surface area contributed by atoms with E-state index in [1.54, 1.807) is 0 Å². The molecule has 0 radical (unpaired) electrons. The largest absolute Gasteiger partial charge is 0.367 e. The number of hydrogen-bond donors (Lipinski definition) is 3. The Kier molecular flexibility index (Phi) is 5.55. The highest BCUT2D eigenvalue weighted by atomic mass is 35.5. The Labute approximate surface area is 150 Å². The Morgan fingerprint density at radius 2 is 2.16 bits per heavy atom. The van der Waals surface area contributed by atoms with E-state index in [0.717, 1.165) is 12.8 Å². The third kappa shape index (κ3) is 4.51. The third-order valence-corrected chi connectivity index (χ3v) is 4.55. The average Bonchev–Trinajstić information content (AvgIpc) is 3.06. The SMILES string of the molecule is O=C(NCCc1ccccc1)N[C@@H]1CCN(c2cn[nH]c(=O)c2Cl)C1. The maximum atomic E-state index is 12.0. The molecular formula is C17H20ClN5O2. The van der Waals surface area contributed by atoms with Crippen molar-refractivity contribution < 1.29 is 4.79 Å². The van der Waals surface area contributed by atoms with Crippen LogP contribution in [0.15, 0.2) is 41.3 Å². The van der Waals surface area contributed by atoms with Crippen molar-refractivity contribution in [2.24, 2.45) is 0 Å². The van der Waals surface area contributed by atoms with Crippen molar-refractivity contribution in [1.82, 2.24) is 20.8 Å². The first kappa shape index (κ1) is 17.3. The Balaban J connectivity index is 1.45. The highest BCUT2D eigenvalue weighted by molar-refractivity contribution is 6.33. The Morgan fingerprint density at radius 3 is 2.96 bits per heavy atom. The Bertz CT molecular complexity index is 780. The van der Waals surface area contributed by atoms with Gasteiger partial charge in [0, 0.05) is 25.7 Å². The van der Waals surface area contributed by atoms with Crippen LogP contribution in [0.4, 0.5) is 10.5 Å². The number of urea groups is 1. The lowest BCUT2D eigenvalue weighted by atomic mass is 10.1. The Hall–Kier alpha value is -2.54. The molecular weight excluding hydrogens is 342 g/mol. The van der Waals surface area contributed by atoms with Gasteiger partial charge in [0.2, 0.25) is 0 Å². The van der Waals surface area contributed by atoms with Crippen LogP contribution in [0.2, 0.25) is 5.02 Å². The molecule has 2 amide bonds. The summed E-state index contributed by atoms with van der Waals surface area (Å²) in [6, 6.07) is 9.83. The maximum Gasteiger partial charge on any atom is 0.315 e. The summed E-state index contributed by atoms with van der Waals surface area (Å²) in [5, 5.41) is 12.0. The van der Waals surface area contributed by atoms with E-state index in [0.29, 0.717) is 25.3 Å². The zero-order valence-electron chi connectivity index (χ0n) is 13.7. The predicted octanol–water partition coefficient (Wildman–Crippen LogP) is 1.54. The van der Waals surface area contributed by atoms with Crippen molar-refractivity contribution in [3.8, 4) is 0 Å². The molecule has 1 aromatic carbocycles. The summed E-state index contributed by atoms with van der Waals surface area (Å²) in [6.07, 6.45) is 3.11. The van der Waals surface area contributed by atoms with Gasteiger partial charge in [-0.05, 0) is 18.4 Å². The van der Waals surface area contributed by atoms with Gasteiger partial charge in [-0.1, -0.05) is 41.9 Å². The molecule has 132 valence electrons. The second-order valence-electron chi connectivity index (χ2n) is 5.97. The standard InChI is InChI=1S/C17H20ClN5O2/c18-15-14(10-20-22-16(15)24)23-9-7-13(11-23)21-17(25)19-8-6-12-4-2-1-3-5-12/h1-5,10,13H,6-9,11H2,(H,22,24)(H2,19,21,25)/t13-/m1/s1. The lowest BCUT2D eigenvalue weighted by molar-refractivity contribution is 0.238. The monoisotopic (exact) mass is 361 g/mol. The van der Waals surface area contributed by atoms with Crippen molar-refractivity contribution in [2.75, 3.05) is 24.5 Å². The molecule has 3 N–H and O–H groups in total. The number of anilines is 1. The molecule has 0 aliphatic carbocycles. The highest BCUT2D eigenvalue weighted by Crippen LogP contribution is 2.24. The topological polar surface area (TPSA) is 90.1 Å². The number of H-pyrrole nitrogens is 1. The number of nitrogens with zero attached hydrogens (tertiary/aromatic N) is 2. The minimum atomic E-state index is -0.408. The van der Waals surface area contributed by atoms with Crippen LogP contribution < -0.4 is 21.1 Å². The smallest absolute Gasteiger partial charge is 0.315 e. The fourth-order valence-electron chi connectivity index (χ4n) is 2.89. The number of nitrogens with one attached hydrogen (secondary N) is 3. The van der Waals surface area contributed by atoms with Crippen LogP contribution in [-0.4, -0.2) is 41.9 Å². The van der Waals surface area contributed by atoms with Crippen molar-refractivity contribution >= 4 is 23.3 Å². The number of carbonyl (C=O) groups excluding carboxylic acids is 1. The molecule has 25 heavy (non-hydrogen) atoms. The number of halogens is 1. The minimum absolute atomic E-state index is 0.00656. The molecule has 1 fully saturated rings. The lowest BCUT2D eigenvalue weighted by Crippen LogP contribution is -2.44.